The molecule has 0 N–H and O–H groups in total. The minimum atomic E-state index is 0.795. The van der Waals surface area contributed by atoms with Crippen LogP contribution in [-0.2, 0) is 0 Å². The van der Waals surface area contributed by atoms with Gasteiger partial charge >= 0.3 is 0 Å². The minimum Gasteiger partial charge on any atom is -0.355 e. The Morgan fingerprint density at radius 2 is 2.07 bits per heavy atom. The maximum absolute atomic E-state index is 3.90. The molecule has 86 valence electrons. The molecular formula is C14H25N. The van der Waals surface area contributed by atoms with Gasteiger partial charge in [-0.1, -0.05) is 39.5 Å². The Morgan fingerprint density at radius 1 is 1.47 bits per heavy atom. The van der Waals surface area contributed by atoms with Crippen molar-refractivity contribution in [1.29, 1.82) is 0 Å². The summed E-state index contributed by atoms with van der Waals surface area (Å²) in [6.07, 6.45) is 7.66. The van der Waals surface area contributed by atoms with Gasteiger partial charge in [0, 0.05) is 18.9 Å². The molecule has 0 bridgehead atoms. The minimum absolute atomic E-state index is 0.795. The molecule has 1 unspecified atom stereocenters. The Balaban J connectivity index is 4.24. The lowest BCUT2D eigenvalue weighted by molar-refractivity contribution is 0.510. The van der Waals surface area contributed by atoms with Gasteiger partial charge in [-0.15, -0.1) is 0 Å². The highest BCUT2D eigenvalue weighted by Gasteiger charge is 2.01. The molecule has 1 nitrogen and oxygen atoms in total. The van der Waals surface area contributed by atoms with Gasteiger partial charge in [-0.25, -0.2) is 0 Å². The number of rotatable bonds is 7. The summed E-state index contributed by atoms with van der Waals surface area (Å²) in [5.74, 6) is 0.795. The van der Waals surface area contributed by atoms with Gasteiger partial charge in [0.15, 0.2) is 0 Å². The van der Waals surface area contributed by atoms with Crippen LogP contribution < -0.4 is 0 Å². The zero-order valence-corrected chi connectivity index (χ0v) is 10.7. The molecule has 0 rings (SSSR count). The summed E-state index contributed by atoms with van der Waals surface area (Å²) in [7, 11) is 2.02. The average Bonchev–Trinajstić information content (AvgIpc) is 2.22. The maximum Gasteiger partial charge on any atom is 0.0109 e. The van der Waals surface area contributed by atoms with E-state index in [-0.39, 0.29) is 0 Å². The third-order valence-electron chi connectivity index (χ3n) is 2.85. The molecule has 0 heterocycles. The van der Waals surface area contributed by atoms with Crippen LogP contribution in [0.25, 0.3) is 0 Å². The van der Waals surface area contributed by atoms with Crippen molar-refractivity contribution in [2.75, 3.05) is 7.05 Å². The van der Waals surface area contributed by atoms with Gasteiger partial charge in [-0.2, -0.15) is 0 Å². The molecule has 0 aliphatic carbocycles. The summed E-state index contributed by atoms with van der Waals surface area (Å²) in [6.45, 7) is 14.3. The first kappa shape index (κ1) is 14.0. The molecular weight excluding hydrogens is 182 g/mol. The van der Waals surface area contributed by atoms with Crippen LogP contribution >= 0.6 is 0 Å². The van der Waals surface area contributed by atoms with E-state index in [1.165, 1.54) is 18.4 Å². The molecule has 1 heteroatoms. The van der Waals surface area contributed by atoms with Crippen molar-refractivity contribution in [2.24, 2.45) is 5.92 Å². The fourth-order valence-corrected chi connectivity index (χ4v) is 1.20. The summed E-state index contributed by atoms with van der Waals surface area (Å²) >= 11 is 0. The van der Waals surface area contributed by atoms with E-state index < -0.39 is 0 Å². The van der Waals surface area contributed by atoms with Gasteiger partial charge in [-0.05, 0) is 31.3 Å². The Labute approximate surface area is 95.2 Å². The summed E-state index contributed by atoms with van der Waals surface area (Å²) in [4.78, 5) is 2.05. The number of nitrogens with zero attached hydrogens (tertiary/aromatic N) is 1. The standard InChI is InChI=1S/C14H25N/c1-7-13(5)9-10-14(8-2)11-15(6)12(3)4/h8,11,13H,2-3,7,9-10H2,1,4-6H3/b14-11+. The average molecular weight is 207 g/mol. The van der Waals surface area contributed by atoms with Crippen LogP contribution in [0.2, 0.25) is 0 Å². The topological polar surface area (TPSA) is 3.24 Å². The van der Waals surface area contributed by atoms with Gasteiger partial charge < -0.3 is 4.90 Å². The van der Waals surface area contributed by atoms with Crippen LogP contribution in [0.3, 0.4) is 0 Å². The van der Waals surface area contributed by atoms with Crippen LogP contribution in [0.5, 0.6) is 0 Å². The Hall–Kier alpha value is -0.980. The second-order valence-electron chi connectivity index (χ2n) is 4.31. The Bertz CT molecular complexity index is 238. The van der Waals surface area contributed by atoms with Crippen molar-refractivity contribution in [2.45, 2.75) is 40.0 Å². The fraction of sp³-hybridized carbons (Fsp3) is 0.571. The SMILES string of the molecule is C=C/C(=C\N(C)C(=C)C)CCC(C)CC. The highest BCUT2D eigenvalue weighted by Crippen LogP contribution is 2.16. The predicted molar refractivity (Wildman–Crippen MR) is 69.5 cm³/mol. The molecule has 0 radical (unpaired) electrons. The highest BCUT2D eigenvalue weighted by molar-refractivity contribution is 5.17. The smallest absolute Gasteiger partial charge is 0.0109 e. The van der Waals surface area contributed by atoms with Crippen molar-refractivity contribution in [3.05, 3.63) is 36.7 Å². The number of allylic oxidation sites excluding steroid dienone is 3. The first-order chi connectivity index (χ1) is 7.01. The maximum atomic E-state index is 3.90. The van der Waals surface area contributed by atoms with Gasteiger partial charge in [0.05, 0.1) is 0 Å². The van der Waals surface area contributed by atoms with Gasteiger partial charge in [0.1, 0.15) is 0 Å². The Morgan fingerprint density at radius 3 is 2.47 bits per heavy atom. The number of hydrogen-bond acceptors (Lipinski definition) is 1. The van der Waals surface area contributed by atoms with E-state index in [4.69, 9.17) is 0 Å². The lowest BCUT2D eigenvalue weighted by Gasteiger charge is -2.16. The molecule has 0 saturated heterocycles. The summed E-state index contributed by atoms with van der Waals surface area (Å²) in [6, 6.07) is 0. The van der Waals surface area contributed by atoms with Gasteiger partial charge in [-0.3, -0.25) is 0 Å². The van der Waals surface area contributed by atoms with Crippen molar-refractivity contribution in [3.8, 4) is 0 Å². The zero-order valence-electron chi connectivity index (χ0n) is 10.7. The van der Waals surface area contributed by atoms with Crippen LogP contribution in [0.4, 0.5) is 0 Å². The zero-order chi connectivity index (χ0) is 11.8. The van der Waals surface area contributed by atoms with E-state index >= 15 is 0 Å². The van der Waals surface area contributed by atoms with Crippen molar-refractivity contribution < 1.29 is 0 Å². The number of hydrogen-bond donors (Lipinski definition) is 0. The first-order valence-corrected chi connectivity index (χ1v) is 5.72. The third kappa shape index (κ3) is 6.16. The van der Waals surface area contributed by atoms with Crippen LogP contribution in [-0.4, -0.2) is 11.9 Å². The molecule has 0 amide bonds. The molecule has 0 fully saturated rings. The molecule has 0 aromatic rings. The second-order valence-corrected chi connectivity index (χ2v) is 4.31. The van der Waals surface area contributed by atoms with E-state index in [0.717, 1.165) is 18.0 Å². The lowest BCUT2D eigenvalue weighted by atomic mass is 9.99. The van der Waals surface area contributed by atoms with E-state index in [0.29, 0.717) is 0 Å². The highest BCUT2D eigenvalue weighted by atomic mass is 15.1. The van der Waals surface area contributed by atoms with Gasteiger partial charge in [0.2, 0.25) is 0 Å². The second kappa shape index (κ2) is 7.33. The van der Waals surface area contributed by atoms with E-state index in [1.54, 1.807) is 0 Å². The van der Waals surface area contributed by atoms with Crippen molar-refractivity contribution >= 4 is 0 Å². The summed E-state index contributed by atoms with van der Waals surface area (Å²) in [5, 5.41) is 0. The van der Waals surface area contributed by atoms with E-state index in [9.17, 15) is 0 Å². The summed E-state index contributed by atoms with van der Waals surface area (Å²) in [5.41, 5.74) is 2.35. The van der Waals surface area contributed by atoms with E-state index in [1.807, 2.05) is 24.9 Å². The third-order valence-corrected chi connectivity index (χ3v) is 2.85. The molecule has 1 atom stereocenters. The molecule has 0 aliphatic rings. The van der Waals surface area contributed by atoms with Crippen LogP contribution in [0, 0.1) is 5.92 Å². The fourth-order valence-electron chi connectivity index (χ4n) is 1.20. The molecule has 0 saturated carbocycles. The quantitative estimate of drug-likeness (QED) is 0.561. The molecule has 0 spiro atoms. The van der Waals surface area contributed by atoms with Crippen LogP contribution in [0.1, 0.15) is 40.0 Å². The monoisotopic (exact) mass is 207 g/mol. The van der Waals surface area contributed by atoms with Crippen molar-refractivity contribution in [1.82, 2.24) is 4.90 Å². The van der Waals surface area contributed by atoms with Crippen LogP contribution in [0.15, 0.2) is 36.7 Å². The molecule has 0 aliphatic heterocycles. The first-order valence-electron chi connectivity index (χ1n) is 5.72. The lowest BCUT2D eigenvalue weighted by Crippen LogP contribution is -2.07. The molecule has 15 heavy (non-hydrogen) atoms. The largest absolute Gasteiger partial charge is 0.355 e. The normalized spacial score (nSPS) is 13.5. The van der Waals surface area contributed by atoms with Gasteiger partial charge in [0.25, 0.3) is 0 Å². The van der Waals surface area contributed by atoms with E-state index in [2.05, 4.69) is 33.2 Å². The molecule has 0 aromatic carbocycles. The predicted octanol–water partition coefficient (Wildman–Crippen LogP) is 4.35. The van der Waals surface area contributed by atoms with Crippen molar-refractivity contribution in [3.63, 3.8) is 0 Å². The molecule has 0 aromatic heterocycles. The Kier molecular flexibility index (Phi) is 6.85. The summed E-state index contributed by atoms with van der Waals surface area (Å²) < 4.78 is 0.